The SMILES string of the molecule is CCN(CC(=O)NC(C)C)C(=O)c1cccc(OCc2ccccc2C#N)c1. The van der Waals surface area contributed by atoms with Crippen molar-refractivity contribution in [2.24, 2.45) is 0 Å². The molecule has 0 heterocycles. The summed E-state index contributed by atoms with van der Waals surface area (Å²) >= 11 is 0. The first kappa shape index (κ1) is 21.0. The number of nitrogens with zero attached hydrogens (tertiary/aromatic N) is 2. The first-order chi connectivity index (χ1) is 13.4. The molecule has 0 radical (unpaired) electrons. The van der Waals surface area contributed by atoms with Crippen molar-refractivity contribution in [1.82, 2.24) is 10.2 Å². The van der Waals surface area contributed by atoms with E-state index >= 15 is 0 Å². The van der Waals surface area contributed by atoms with Gasteiger partial charge in [-0.3, -0.25) is 9.59 Å². The summed E-state index contributed by atoms with van der Waals surface area (Å²) in [5, 5.41) is 11.9. The van der Waals surface area contributed by atoms with Crippen LogP contribution in [-0.2, 0) is 11.4 Å². The Balaban J connectivity index is 2.07. The molecule has 0 aromatic heterocycles. The van der Waals surface area contributed by atoms with Crippen LogP contribution in [0.3, 0.4) is 0 Å². The number of nitriles is 1. The lowest BCUT2D eigenvalue weighted by molar-refractivity contribution is -0.122. The molecule has 2 aromatic rings. The zero-order valence-electron chi connectivity index (χ0n) is 16.4. The number of hydrogen-bond donors (Lipinski definition) is 1. The monoisotopic (exact) mass is 379 g/mol. The summed E-state index contributed by atoms with van der Waals surface area (Å²) in [7, 11) is 0. The van der Waals surface area contributed by atoms with Crippen molar-refractivity contribution < 1.29 is 14.3 Å². The average Bonchev–Trinajstić information content (AvgIpc) is 2.69. The number of nitrogens with one attached hydrogen (secondary N) is 1. The topological polar surface area (TPSA) is 82.4 Å². The van der Waals surface area contributed by atoms with Crippen LogP contribution >= 0.6 is 0 Å². The van der Waals surface area contributed by atoms with Gasteiger partial charge in [-0.05, 0) is 45.0 Å². The van der Waals surface area contributed by atoms with Gasteiger partial charge in [0.15, 0.2) is 0 Å². The number of benzene rings is 2. The van der Waals surface area contributed by atoms with Crippen molar-refractivity contribution in [1.29, 1.82) is 5.26 Å². The molecule has 2 rings (SSSR count). The van der Waals surface area contributed by atoms with Crippen LogP contribution in [0.5, 0.6) is 5.75 Å². The van der Waals surface area contributed by atoms with Gasteiger partial charge in [0.05, 0.1) is 18.2 Å². The van der Waals surface area contributed by atoms with Gasteiger partial charge in [-0.25, -0.2) is 0 Å². The lowest BCUT2D eigenvalue weighted by Crippen LogP contribution is -2.42. The normalized spacial score (nSPS) is 10.2. The van der Waals surface area contributed by atoms with Gasteiger partial charge in [-0.2, -0.15) is 5.26 Å². The third-order valence-electron chi connectivity index (χ3n) is 4.07. The van der Waals surface area contributed by atoms with E-state index in [1.54, 1.807) is 36.4 Å². The van der Waals surface area contributed by atoms with Gasteiger partial charge in [0.25, 0.3) is 5.91 Å². The van der Waals surface area contributed by atoms with Crippen molar-refractivity contribution in [2.75, 3.05) is 13.1 Å². The molecule has 6 heteroatoms. The summed E-state index contributed by atoms with van der Waals surface area (Å²) in [5.74, 6) is 0.108. The Labute approximate surface area is 165 Å². The van der Waals surface area contributed by atoms with E-state index in [0.29, 0.717) is 23.4 Å². The highest BCUT2D eigenvalue weighted by molar-refractivity contribution is 5.96. The molecule has 0 atom stereocenters. The first-order valence-corrected chi connectivity index (χ1v) is 9.24. The molecular weight excluding hydrogens is 354 g/mol. The maximum Gasteiger partial charge on any atom is 0.254 e. The number of likely N-dealkylation sites (N-methyl/N-ethyl adjacent to an activating group) is 1. The second kappa shape index (κ2) is 10.1. The minimum absolute atomic E-state index is 0.00808. The molecule has 0 aliphatic carbocycles. The lowest BCUT2D eigenvalue weighted by Gasteiger charge is -2.21. The predicted octanol–water partition coefficient (Wildman–Crippen LogP) is 3.12. The van der Waals surface area contributed by atoms with Gasteiger partial charge in [0, 0.05) is 23.7 Å². The fourth-order valence-electron chi connectivity index (χ4n) is 2.69. The molecule has 0 bridgehead atoms. The third kappa shape index (κ3) is 5.85. The van der Waals surface area contributed by atoms with Crippen LogP contribution in [-0.4, -0.2) is 35.8 Å². The number of hydrogen-bond acceptors (Lipinski definition) is 4. The Morgan fingerprint density at radius 1 is 1.18 bits per heavy atom. The minimum atomic E-state index is -0.232. The summed E-state index contributed by atoms with van der Waals surface area (Å²) in [6.45, 7) is 6.25. The fourth-order valence-corrected chi connectivity index (χ4v) is 2.69. The molecule has 0 saturated heterocycles. The lowest BCUT2D eigenvalue weighted by atomic mass is 10.1. The number of rotatable bonds is 8. The predicted molar refractivity (Wildman–Crippen MR) is 107 cm³/mol. The standard InChI is InChI=1S/C22H25N3O3/c1-4-25(14-21(26)24-16(2)3)22(27)17-10-7-11-20(12-17)28-15-19-9-6-5-8-18(19)13-23/h5-12,16H,4,14-15H2,1-3H3,(H,24,26). The van der Waals surface area contributed by atoms with Gasteiger partial charge in [-0.1, -0.05) is 24.3 Å². The van der Waals surface area contributed by atoms with E-state index in [4.69, 9.17) is 10.00 Å². The van der Waals surface area contributed by atoms with Gasteiger partial charge in [-0.15, -0.1) is 0 Å². The molecule has 6 nitrogen and oxygen atoms in total. The van der Waals surface area contributed by atoms with Gasteiger partial charge in [0.1, 0.15) is 12.4 Å². The number of carbonyl (C=O) groups is 2. The Bertz CT molecular complexity index is 871. The van der Waals surface area contributed by atoms with E-state index < -0.39 is 0 Å². The summed E-state index contributed by atoms with van der Waals surface area (Å²) < 4.78 is 5.77. The summed E-state index contributed by atoms with van der Waals surface area (Å²) in [5.41, 5.74) is 1.79. The third-order valence-corrected chi connectivity index (χ3v) is 4.07. The van der Waals surface area contributed by atoms with Gasteiger partial charge in [0.2, 0.25) is 5.91 Å². The highest BCUT2D eigenvalue weighted by atomic mass is 16.5. The highest BCUT2D eigenvalue weighted by Gasteiger charge is 2.18. The Morgan fingerprint density at radius 2 is 1.93 bits per heavy atom. The molecular formula is C22H25N3O3. The van der Waals surface area contributed by atoms with E-state index in [0.717, 1.165) is 5.56 Å². The van der Waals surface area contributed by atoms with Crippen molar-refractivity contribution in [2.45, 2.75) is 33.4 Å². The maximum atomic E-state index is 12.8. The van der Waals surface area contributed by atoms with E-state index in [9.17, 15) is 9.59 Å². The summed E-state index contributed by atoms with van der Waals surface area (Å²) in [6, 6.07) is 16.2. The molecule has 146 valence electrons. The van der Waals surface area contributed by atoms with Crippen molar-refractivity contribution >= 4 is 11.8 Å². The molecule has 0 unspecified atom stereocenters. The van der Waals surface area contributed by atoms with E-state index in [2.05, 4.69) is 11.4 Å². The van der Waals surface area contributed by atoms with Crippen LogP contribution < -0.4 is 10.1 Å². The number of ether oxygens (including phenoxy) is 1. The van der Waals surface area contributed by atoms with Crippen LogP contribution in [0.4, 0.5) is 0 Å². The van der Waals surface area contributed by atoms with E-state index in [-0.39, 0.29) is 31.0 Å². The van der Waals surface area contributed by atoms with E-state index in [1.807, 2.05) is 32.9 Å². The molecule has 2 aromatic carbocycles. The molecule has 0 aliphatic heterocycles. The van der Waals surface area contributed by atoms with Crippen LogP contribution in [0.1, 0.15) is 42.3 Å². The average molecular weight is 379 g/mol. The molecule has 0 aliphatic rings. The maximum absolute atomic E-state index is 12.8. The zero-order valence-corrected chi connectivity index (χ0v) is 16.4. The molecule has 0 saturated carbocycles. The quantitative estimate of drug-likeness (QED) is 0.764. The second-order valence-corrected chi connectivity index (χ2v) is 6.63. The minimum Gasteiger partial charge on any atom is -0.489 e. The molecule has 2 amide bonds. The number of amides is 2. The van der Waals surface area contributed by atoms with E-state index in [1.165, 1.54) is 4.90 Å². The van der Waals surface area contributed by atoms with Gasteiger partial charge < -0.3 is 15.0 Å². The smallest absolute Gasteiger partial charge is 0.254 e. The largest absolute Gasteiger partial charge is 0.489 e. The van der Waals surface area contributed by atoms with Crippen LogP contribution in [0.25, 0.3) is 0 Å². The van der Waals surface area contributed by atoms with Crippen LogP contribution in [0.15, 0.2) is 48.5 Å². The van der Waals surface area contributed by atoms with Crippen molar-refractivity contribution in [3.63, 3.8) is 0 Å². The summed E-state index contributed by atoms with van der Waals surface area (Å²) in [4.78, 5) is 26.2. The van der Waals surface area contributed by atoms with Crippen LogP contribution in [0.2, 0.25) is 0 Å². The van der Waals surface area contributed by atoms with Crippen LogP contribution in [0, 0.1) is 11.3 Å². The molecule has 28 heavy (non-hydrogen) atoms. The Hall–Kier alpha value is -3.33. The second-order valence-electron chi connectivity index (χ2n) is 6.63. The van der Waals surface area contributed by atoms with Crippen molar-refractivity contribution in [3.05, 3.63) is 65.2 Å². The molecule has 0 spiro atoms. The molecule has 0 fully saturated rings. The fraction of sp³-hybridized carbons (Fsp3) is 0.318. The number of carbonyl (C=O) groups excluding carboxylic acids is 2. The summed E-state index contributed by atoms with van der Waals surface area (Å²) in [6.07, 6.45) is 0. The first-order valence-electron chi connectivity index (χ1n) is 9.24. The van der Waals surface area contributed by atoms with Gasteiger partial charge >= 0.3 is 0 Å². The zero-order chi connectivity index (χ0) is 20.5. The molecule has 1 N–H and O–H groups in total. The highest BCUT2D eigenvalue weighted by Crippen LogP contribution is 2.18. The van der Waals surface area contributed by atoms with Crippen molar-refractivity contribution in [3.8, 4) is 11.8 Å². The Kier molecular flexibility index (Phi) is 7.58. The Morgan fingerprint density at radius 3 is 2.61 bits per heavy atom.